The number of rotatable bonds is 5. The van der Waals surface area contributed by atoms with Crippen LogP contribution < -0.4 is 4.90 Å². The van der Waals surface area contributed by atoms with E-state index in [-0.39, 0.29) is 0 Å². The van der Waals surface area contributed by atoms with Crippen molar-refractivity contribution in [2.45, 2.75) is 0 Å². The Bertz CT molecular complexity index is 2270. The maximum absolute atomic E-state index is 7.48. The lowest BCUT2D eigenvalue weighted by atomic mass is 10.00. The Morgan fingerprint density at radius 1 is 0.500 bits per heavy atom. The predicted molar refractivity (Wildman–Crippen MR) is 182 cm³/mol. The van der Waals surface area contributed by atoms with Crippen molar-refractivity contribution in [1.82, 2.24) is 9.55 Å². The maximum atomic E-state index is 7.48. The van der Waals surface area contributed by atoms with Crippen LogP contribution in [0.5, 0.6) is 0 Å². The molecule has 4 heteroatoms. The van der Waals surface area contributed by atoms with Crippen LogP contribution in [-0.4, -0.2) is 9.55 Å². The summed E-state index contributed by atoms with van der Waals surface area (Å²) >= 11 is 0. The standard InChI is InChI=1S/C40H26N4/c1-41-29-22-26-33(27-23-29)44-39-37-19-11-9-17-35(37)34-16-8-10-18-36(34)38(39)42-40(44)28-20-24-32(25-21-28)43(30-12-4-2-5-13-30)31-14-6-3-7-15-31/h2-27H. The molecule has 1 heterocycles. The minimum Gasteiger partial charge on any atom is -0.311 e. The molecule has 0 aliphatic carbocycles. The summed E-state index contributed by atoms with van der Waals surface area (Å²) in [5.74, 6) is 0.856. The number of fused-ring (bicyclic) bond motifs is 6. The first kappa shape index (κ1) is 25.5. The molecule has 0 saturated carbocycles. The lowest BCUT2D eigenvalue weighted by molar-refractivity contribution is 1.11. The Balaban J connectivity index is 1.37. The van der Waals surface area contributed by atoms with Gasteiger partial charge >= 0.3 is 0 Å². The first-order valence-corrected chi connectivity index (χ1v) is 14.6. The number of hydrogen-bond donors (Lipinski definition) is 0. The number of hydrogen-bond acceptors (Lipinski definition) is 2. The Hall–Kier alpha value is -6.18. The summed E-state index contributed by atoms with van der Waals surface area (Å²) in [5.41, 5.74) is 7.86. The zero-order valence-corrected chi connectivity index (χ0v) is 23.8. The fraction of sp³-hybridized carbons (Fsp3) is 0. The van der Waals surface area contributed by atoms with Crippen LogP contribution in [0.15, 0.2) is 158 Å². The molecule has 1 aromatic heterocycles. The lowest BCUT2D eigenvalue weighted by Gasteiger charge is -2.25. The molecule has 4 nitrogen and oxygen atoms in total. The molecule has 0 amide bonds. The zero-order chi connectivity index (χ0) is 29.5. The SMILES string of the molecule is [C-]#[N+]c1ccc(-n2c(-c3ccc(N(c4ccccc4)c4ccccc4)cc3)nc3c4ccccc4c4ccccc4c32)cc1. The lowest BCUT2D eigenvalue weighted by Crippen LogP contribution is -2.09. The van der Waals surface area contributed by atoms with Crippen LogP contribution in [0.1, 0.15) is 0 Å². The molecule has 0 saturated heterocycles. The third-order valence-electron chi connectivity index (χ3n) is 8.18. The number of aromatic nitrogens is 2. The Morgan fingerprint density at radius 2 is 1.00 bits per heavy atom. The van der Waals surface area contributed by atoms with E-state index >= 15 is 0 Å². The number of imidazole rings is 1. The predicted octanol–water partition coefficient (Wildman–Crippen LogP) is 11.0. The topological polar surface area (TPSA) is 25.4 Å². The molecule has 0 radical (unpaired) electrons. The molecule has 44 heavy (non-hydrogen) atoms. The van der Waals surface area contributed by atoms with E-state index in [1.165, 1.54) is 10.8 Å². The van der Waals surface area contributed by atoms with Gasteiger partial charge in [-0.15, -0.1) is 0 Å². The molecule has 8 rings (SSSR count). The summed E-state index contributed by atoms with van der Waals surface area (Å²) in [6, 6.07) is 54.3. The minimum atomic E-state index is 0.612. The molecular weight excluding hydrogens is 536 g/mol. The van der Waals surface area contributed by atoms with Gasteiger partial charge in [-0.2, -0.15) is 0 Å². The fourth-order valence-corrected chi connectivity index (χ4v) is 6.19. The summed E-state index contributed by atoms with van der Waals surface area (Å²) < 4.78 is 2.25. The van der Waals surface area contributed by atoms with Crippen LogP contribution in [0.4, 0.5) is 22.7 Å². The molecule has 7 aromatic carbocycles. The van der Waals surface area contributed by atoms with E-state index in [9.17, 15) is 0 Å². The van der Waals surface area contributed by atoms with Crippen LogP contribution in [0.25, 0.3) is 54.5 Å². The van der Waals surface area contributed by atoms with Gasteiger partial charge in [0.25, 0.3) is 0 Å². The largest absolute Gasteiger partial charge is 0.311 e. The van der Waals surface area contributed by atoms with Crippen LogP contribution in [0, 0.1) is 6.57 Å². The second-order valence-corrected chi connectivity index (χ2v) is 10.7. The molecule has 0 aliphatic rings. The molecule has 0 fully saturated rings. The van der Waals surface area contributed by atoms with E-state index in [1.807, 2.05) is 36.4 Å². The Morgan fingerprint density at radius 3 is 1.59 bits per heavy atom. The normalized spacial score (nSPS) is 11.2. The number of benzene rings is 7. The number of para-hydroxylation sites is 2. The molecule has 0 bridgehead atoms. The zero-order valence-electron chi connectivity index (χ0n) is 23.8. The highest BCUT2D eigenvalue weighted by molar-refractivity contribution is 6.24. The summed E-state index contributed by atoms with van der Waals surface area (Å²) in [6.45, 7) is 7.48. The first-order chi connectivity index (χ1) is 21.8. The van der Waals surface area contributed by atoms with Gasteiger partial charge in [0.05, 0.1) is 17.6 Å². The van der Waals surface area contributed by atoms with Crippen molar-refractivity contribution in [1.29, 1.82) is 0 Å². The van der Waals surface area contributed by atoms with Crippen LogP contribution in [0.3, 0.4) is 0 Å². The third kappa shape index (κ3) is 4.19. The van der Waals surface area contributed by atoms with E-state index in [4.69, 9.17) is 11.6 Å². The van der Waals surface area contributed by atoms with Crippen molar-refractivity contribution in [3.8, 4) is 17.1 Å². The molecule has 0 spiro atoms. The fourth-order valence-electron chi connectivity index (χ4n) is 6.19. The van der Waals surface area contributed by atoms with Gasteiger partial charge in [0.1, 0.15) is 5.82 Å². The van der Waals surface area contributed by atoms with Gasteiger partial charge in [0, 0.05) is 39.1 Å². The quantitative estimate of drug-likeness (QED) is 0.154. The average molecular weight is 563 g/mol. The summed E-state index contributed by atoms with van der Waals surface area (Å²) in [4.78, 5) is 11.2. The van der Waals surface area contributed by atoms with E-state index in [2.05, 4.69) is 136 Å². The molecule has 8 aromatic rings. The van der Waals surface area contributed by atoms with Crippen LogP contribution >= 0.6 is 0 Å². The Kier molecular flexibility index (Phi) is 6.14. The molecule has 0 atom stereocenters. The van der Waals surface area contributed by atoms with Crippen molar-refractivity contribution in [3.63, 3.8) is 0 Å². The third-order valence-corrected chi connectivity index (χ3v) is 8.18. The van der Waals surface area contributed by atoms with E-state index in [0.29, 0.717) is 5.69 Å². The van der Waals surface area contributed by atoms with Crippen LogP contribution in [-0.2, 0) is 0 Å². The van der Waals surface area contributed by atoms with Gasteiger partial charge in [-0.1, -0.05) is 97.1 Å². The second-order valence-electron chi connectivity index (χ2n) is 10.7. The minimum absolute atomic E-state index is 0.612. The monoisotopic (exact) mass is 562 g/mol. The van der Waals surface area contributed by atoms with Gasteiger partial charge < -0.3 is 4.90 Å². The number of anilines is 3. The smallest absolute Gasteiger partial charge is 0.187 e. The van der Waals surface area contributed by atoms with Gasteiger partial charge in [0.2, 0.25) is 0 Å². The van der Waals surface area contributed by atoms with Crippen LogP contribution in [0.2, 0.25) is 0 Å². The molecule has 0 aliphatic heterocycles. The first-order valence-electron chi connectivity index (χ1n) is 14.6. The van der Waals surface area contributed by atoms with Crippen molar-refractivity contribution >= 4 is 55.3 Å². The highest BCUT2D eigenvalue weighted by Gasteiger charge is 2.20. The molecule has 0 N–H and O–H groups in total. The van der Waals surface area contributed by atoms with E-state index < -0.39 is 0 Å². The summed E-state index contributed by atoms with van der Waals surface area (Å²) in [5, 5.41) is 4.64. The molecular formula is C40H26N4. The number of nitrogens with zero attached hydrogens (tertiary/aromatic N) is 4. The van der Waals surface area contributed by atoms with Gasteiger partial charge in [-0.25, -0.2) is 9.83 Å². The highest BCUT2D eigenvalue weighted by Crippen LogP contribution is 2.40. The average Bonchev–Trinajstić information content (AvgIpc) is 3.51. The van der Waals surface area contributed by atoms with E-state index in [1.54, 1.807) is 0 Å². The van der Waals surface area contributed by atoms with Crippen molar-refractivity contribution in [2.24, 2.45) is 0 Å². The molecule has 206 valence electrons. The van der Waals surface area contributed by atoms with Crippen molar-refractivity contribution < 1.29 is 0 Å². The molecule has 0 unspecified atom stereocenters. The maximum Gasteiger partial charge on any atom is 0.187 e. The van der Waals surface area contributed by atoms with Gasteiger partial charge in [-0.05, 0) is 71.4 Å². The van der Waals surface area contributed by atoms with Crippen molar-refractivity contribution in [2.75, 3.05) is 4.90 Å². The second kappa shape index (κ2) is 10.6. The van der Waals surface area contributed by atoms with Gasteiger partial charge in [0.15, 0.2) is 5.69 Å². The Labute approximate surface area is 255 Å². The van der Waals surface area contributed by atoms with Crippen molar-refractivity contribution in [3.05, 3.63) is 169 Å². The summed E-state index contributed by atoms with van der Waals surface area (Å²) in [7, 11) is 0. The van der Waals surface area contributed by atoms with Gasteiger partial charge in [-0.3, -0.25) is 4.57 Å². The summed E-state index contributed by atoms with van der Waals surface area (Å²) in [6.07, 6.45) is 0. The van der Waals surface area contributed by atoms with E-state index in [0.717, 1.165) is 55.9 Å². The highest BCUT2D eigenvalue weighted by atomic mass is 15.1.